The Labute approximate surface area is 219 Å². The van der Waals surface area contributed by atoms with Gasteiger partial charge < -0.3 is 19.5 Å². The summed E-state index contributed by atoms with van der Waals surface area (Å²) >= 11 is 10.1. The number of hydrogen-bond acceptors (Lipinski definition) is 8. The maximum atomic E-state index is 12.6. The zero-order chi connectivity index (χ0) is 24.8. The number of halogens is 1. The quantitative estimate of drug-likeness (QED) is 0.265. The summed E-state index contributed by atoms with van der Waals surface area (Å²) in [6, 6.07) is 9.77. The van der Waals surface area contributed by atoms with E-state index in [0.29, 0.717) is 35.7 Å². The topological polar surface area (TPSA) is 71.9 Å². The Morgan fingerprint density at radius 2 is 2.23 bits per heavy atom. The Kier molecular flexibility index (Phi) is 9.30. The van der Waals surface area contributed by atoms with Crippen molar-refractivity contribution in [3.8, 4) is 5.75 Å². The van der Waals surface area contributed by atoms with E-state index in [2.05, 4.69) is 27.4 Å². The minimum absolute atomic E-state index is 0.153. The second kappa shape index (κ2) is 12.4. The number of pyridine rings is 1. The molecule has 0 saturated carbocycles. The lowest BCUT2D eigenvalue weighted by Crippen LogP contribution is -2.45. The molecule has 1 fully saturated rings. The molecule has 3 atom stereocenters. The smallest absolute Gasteiger partial charge is 0.310 e. The van der Waals surface area contributed by atoms with Gasteiger partial charge in [0.15, 0.2) is 0 Å². The number of piperidine rings is 1. The Morgan fingerprint density at radius 1 is 1.37 bits per heavy atom. The van der Waals surface area contributed by atoms with Crippen LogP contribution in [0, 0.1) is 11.8 Å². The number of benzene rings is 1. The second-order valence-corrected chi connectivity index (χ2v) is 11.5. The molecule has 0 radical (unpaired) electrons. The van der Waals surface area contributed by atoms with E-state index in [4.69, 9.17) is 21.1 Å². The third kappa shape index (κ3) is 6.49. The van der Waals surface area contributed by atoms with Crippen LogP contribution in [0.15, 0.2) is 46.1 Å². The zero-order valence-corrected chi connectivity index (χ0v) is 22.4. The average molecular weight is 535 g/mol. The summed E-state index contributed by atoms with van der Waals surface area (Å²) in [5.74, 6) is 1.47. The van der Waals surface area contributed by atoms with E-state index >= 15 is 0 Å². The number of thiophene rings is 1. The number of esters is 1. The van der Waals surface area contributed by atoms with Crippen molar-refractivity contribution in [3.05, 3.63) is 52.5 Å². The molecular weight excluding hydrogens is 504 g/mol. The van der Waals surface area contributed by atoms with Crippen LogP contribution >= 0.6 is 34.7 Å². The molecule has 1 saturated heterocycles. The number of carbonyl (C=O) groups excluding carboxylic acids is 1. The largest absolute Gasteiger partial charge is 0.497 e. The molecule has 1 N–H and O–H groups in total. The molecule has 4 rings (SSSR count). The van der Waals surface area contributed by atoms with Crippen LogP contribution in [0.3, 0.4) is 0 Å². The minimum Gasteiger partial charge on any atom is -0.497 e. The van der Waals surface area contributed by atoms with Gasteiger partial charge in [0.05, 0.1) is 41.0 Å². The number of likely N-dealkylation sites (tertiary alicyclic amines) is 1. The first-order valence-electron chi connectivity index (χ1n) is 11.8. The number of nitrogens with zero attached hydrogens (tertiary/aromatic N) is 2. The van der Waals surface area contributed by atoms with Crippen molar-refractivity contribution >= 4 is 51.6 Å². The number of carbonyl (C=O) groups is 1. The molecule has 3 aromatic rings. The number of ether oxygens (including phenoxy) is 2. The van der Waals surface area contributed by atoms with Crippen molar-refractivity contribution in [1.82, 2.24) is 9.88 Å². The molecule has 1 aliphatic rings. The van der Waals surface area contributed by atoms with Crippen LogP contribution < -0.4 is 4.74 Å². The van der Waals surface area contributed by atoms with Crippen molar-refractivity contribution in [2.24, 2.45) is 11.8 Å². The highest BCUT2D eigenvalue weighted by atomic mass is 35.5. The van der Waals surface area contributed by atoms with E-state index in [0.717, 1.165) is 36.2 Å². The summed E-state index contributed by atoms with van der Waals surface area (Å²) in [4.78, 5) is 19.4. The van der Waals surface area contributed by atoms with Crippen LogP contribution in [0.1, 0.15) is 30.9 Å². The summed E-state index contributed by atoms with van der Waals surface area (Å²) in [5, 5.41) is 14.5. The normalized spacial score (nSPS) is 19.5. The standard InChI is InChI=1S/C26H31ClN2O4S2/c1-32-18-6-7-22-19(14-18)25(21(27)15-28-22)23(30)8-5-17-9-10-29(16-20(17)26(31)33-2)11-13-35-24-4-3-12-34-24/h3-4,6-7,12,14-15,17,20,23,30H,5,8-11,13,16H2,1-2H3/t17-,20+,23+/m0/s1. The molecule has 1 aliphatic heterocycles. The molecule has 0 amide bonds. The lowest BCUT2D eigenvalue weighted by molar-refractivity contribution is -0.150. The SMILES string of the molecule is COC(=O)[C@@H]1CN(CCSc2cccs2)CC[C@@H]1CC[C@@H](O)c1c(Cl)cnc2ccc(OC)cc12. The van der Waals surface area contributed by atoms with Gasteiger partial charge in [0.2, 0.25) is 0 Å². The molecule has 188 valence electrons. The van der Waals surface area contributed by atoms with Gasteiger partial charge in [-0.3, -0.25) is 9.78 Å². The summed E-state index contributed by atoms with van der Waals surface area (Å²) < 4.78 is 11.8. The third-order valence-electron chi connectivity index (χ3n) is 6.70. The van der Waals surface area contributed by atoms with Gasteiger partial charge in [-0.15, -0.1) is 23.1 Å². The predicted molar refractivity (Wildman–Crippen MR) is 143 cm³/mol. The highest BCUT2D eigenvalue weighted by molar-refractivity contribution is 8.01. The van der Waals surface area contributed by atoms with E-state index in [1.54, 1.807) is 24.6 Å². The summed E-state index contributed by atoms with van der Waals surface area (Å²) in [6.45, 7) is 2.57. The van der Waals surface area contributed by atoms with Crippen molar-refractivity contribution in [1.29, 1.82) is 0 Å². The number of aliphatic hydroxyl groups is 1. The minimum atomic E-state index is -0.765. The lowest BCUT2D eigenvalue weighted by atomic mass is 9.81. The number of methoxy groups -OCH3 is 2. The number of fused-ring (bicyclic) bond motifs is 1. The molecule has 35 heavy (non-hydrogen) atoms. The van der Waals surface area contributed by atoms with Crippen LogP contribution in [0.4, 0.5) is 0 Å². The van der Waals surface area contributed by atoms with E-state index in [1.165, 1.54) is 11.3 Å². The maximum absolute atomic E-state index is 12.6. The molecular formula is C26H31ClN2O4S2. The molecule has 0 unspecified atom stereocenters. The number of hydrogen-bond donors (Lipinski definition) is 1. The van der Waals surface area contributed by atoms with Crippen LogP contribution in [0.5, 0.6) is 5.75 Å². The van der Waals surface area contributed by atoms with Gasteiger partial charge in [-0.05, 0) is 61.4 Å². The van der Waals surface area contributed by atoms with E-state index in [-0.39, 0.29) is 17.8 Å². The van der Waals surface area contributed by atoms with Crippen molar-refractivity contribution in [2.75, 3.05) is 39.6 Å². The molecule has 0 spiro atoms. The van der Waals surface area contributed by atoms with Gasteiger partial charge in [-0.25, -0.2) is 0 Å². The Morgan fingerprint density at radius 3 is 2.97 bits per heavy atom. The van der Waals surface area contributed by atoms with Crippen LogP contribution in [-0.2, 0) is 9.53 Å². The fraction of sp³-hybridized carbons (Fsp3) is 0.462. The van der Waals surface area contributed by atoms with Gasteiger partial charge in [0, 0.05) is 36.0 Å². The lowest BCUT2D eigenvalue weighted by Gasteiger charge is -2.37. The fourth-order valence-electron chi connectivity index (χ4n) is 4.81. The highest BCUT2D eigenvalue weighted by Crippen LogP contribution is 2.37. The monoisotopic (exact) mass is 534 g/mol. The van der Waals surface area contributed by atoms with E-state index in [1.807, 2.05) is 30.0 Å². The van der Waals surface area contributed by atoms with Crippen molar-refractivity contribution in [2.45, 2.75) is 29.6 Å². The molecule has 0 bridgehead atoms. The van der Waals surface area contributed by atoms with Gasteiger partial charge in [0.1, 0.15) is 5.75 Å². The number of aliphatic hydroxyl groups excluding tert-OH is 1. The molecule has 1 aromatic carbocycles. The second-order valence-electron chi connectivity index (χ2n) is 8.76. The van der Waals surface area contributed by atoms with Crippen LogP contribution in [-0.4, -0.2) is 60.6 Å². The number of aromatic nitrogens is 1. The third-order valence-corrected chi connectivity index (χ3v) is 9.12. The molecule has 9 heteroatoms. The molecule has 0 aliphatic carbocycles. The van der Waals surface area contributed by atoms with Crippen molar-refractivity contribution in [3.63, 3.8) is 0 Å². The zero-order valence-electron chi connectivity index (χ0n) is 20.0. The van der Waals surface area contributed by atoms with Crippen molar-refractivity contribution < 1.29 is 19.4 Å². The Balaban J connectivity index is 1.40. The Bertz CT molecular complexity index is 1130. The first-order valence-corrected chi connectivity index (χ1v) is 14.0. The molecule has 2 aromatic heterocycles. The van der Waals surface area contributed by atoms with E-state index < -0.39 is 6.10 Å². The average Bonchev–Trinajstić information content (AvgIpc) is 3.40. The maximum Gasteiger partial charge on any atom is 0.310 e. The molecule has 3 heterocycles. The van der Waals surface area contributed by atoms with Crippen LogP contribution in [0.25, 0.3) is 10.9 Å². The van der Waals surface area contributed by atoms with Gasteiger partial charge in [-0.1, -0.05) is 17.7 Å². The summed E-state index contributed by atoms with van der Waals surface area (Å²) in [5.41, 5.74) is 1.42. The summed E-state index contributed by atoms with van der Waals surface area (Å²) in [7, 11) is 3.06. The fourth-order valence-corrected chi connectivity index (χ4v) is 6.95. The first kappa shape index (κ1) is 26.2. The Hall–Kier alpha value is -1.84. The predicted octanol–water partition coefficient (Wildman–Crippen LogP) is 5.68. The van der Waals surface area contributed by atoms with Gasteiger partial charge in [-0.2, -0.15) is 0 Å². The number of rotatable bonds is 10. The van der Waals surface area contributed by atoms with Gasteiger partial charge in [0.25, 0.3) is 0 Å². The first-order chi connectivity index (χ1) is 17.0. The van der Waals surface area contributed by atoms with Crippen LogP contribution in [0.2, 0.25) is 5.02 Å². The van der Waals surface area contributed by atoms with E-state index in [9.17, 15) is 9.90 Å². The summed E-state index contributed by atoms with van der Waals surface area (Å²) in [6.07, 6.45) is 2.93. The van der Waals surface area contributed by atoms with Gasteiger partial charge >= 0.3 is 5.97 Å². The highest BCUT2D eigenvalue weighted by Gasteiger charge is 2.35. The molecule has 6 nitrogen and oxygen atoms in total. The number of thioether (sulfide) groups is 1.